The third-order valence-corrected chi connectivity index (χ3v) is 17.1. The van der Waals surface area contributed by atoms with E-state index in [2.05, 4.69) is 220 Å². The number of pyridine rings is 2. The summed E-state index contributed by atoms with van der Waals surface area (Å²) in [6, 6.07) is 88.0. The first kappa shape index (κ1) is 44.8. The Morgan fingerprint density at radius 1 is 0.321 bits per heavy atom. The number of fused-ring (bicyclic) bond motifs is 18. The van der Waals surface area contributed by atoms with Gasteiger partial charge in [0, 0.05) is 72.9 Å². The Morgan fingerprint density at radius 2 is 0.753 bits per heavy atom. The zero-order valence-corrected chi connectivity index (χ0v) is 43.2. The summed E-state index contributed by atoms with van der Waals surface area (Å²) in [5.41, 5.74) is 20.0. The van der Waals surface area contributed by atoms with Crippen LogP contribution in [-0.4, -0.2) is 23.7 Å². The number of para-hydroxylation sites is 3. The second-order valence-electron chi connectivity index (χ2n) is 21.1. The first-order valence-electron chi connectivity index (χ1n) is 27.1. The fourth-order valence-corrected chi connectivity index (χ4v) is 13.6. The Bertz CT molecular complexity index is 5200. The summed E-state index contributed by atoms with van der Waals surface area (Å²) in [6.07, 6.45) is 3.70. The fraction of sp³-hybridized carbons (Fsp3) is 0.0137. The van der Waals surface area contributed by atoms with Crippen LogP contribution in [0.15, 0.2) is 249 Å². The zero-order valence-electron chi connectivity index (χ0n) is 43.2. The van der Waals surface area contributed by atoms with Crippen molar-refractivity contribution in [1.29, 1.82) is 10.5 Å². The van der Waals surface area contributed by atoms with Crippen LogP contribution < -0.4 is 4.74 Å². The Hall–Kier alpha value is -11.3. The molecule has 0 radical (unpaired) electrons. The van der Waals surface area contributed by atoms with E-state index in [1.165, 1.54) is 21.8 Å². The summed E-state index contributed by atoms with van der Waals surface area (Å²) in [4.78, 5) is 10.0. The second-order valence-corrected chi connectivity index (χ2v) is 21.1. The maximum Gasteiger partial charge on any atom is 0.132 e. The molecule has 0 saturated heterocycles. The van der Waals surface area contributed by atoms with Crippen molar-refractivity contribution < 1.29 is 4.74 Å². The van der Waals surface area contributed by atoms with Gasteiger partial charge in [-0.3, -0.25) is 9.97 Å². The van der Waals surface area contributed by atoms with Gasteiger partial charge in [0.2, 0.25) is 0 Å². The third kappa shape index (κ3) is 6.27. The van der Waals surface area contributed by atoms with Gasteiger partial charge in [-0.05, 0) is 173 Å². The predicted octanol–water partition coefficient (Wildman–Crippen LogP) is 17.3. The molecule has 0 fully saturated rings. The molecule has 1 aliphatic heterocycles. The van der Waals surface area contributed by atoms with Crippen molar-refractivity contribution in [2.24, 2.45) is 0 Å². The molecule has 0 N–H and O–H groups in total. The van der Waals surface area contributed by atoms with E-state index in [0.29, 0.717) is 11.1 Å². The highest BCUT2D eigenvalue weighted by atomic mass is 16.5. The van der Waals surface area contributed by atoms with Gasteiger partial charge in [0.25, 0.3) is 0 Å². The van der Waals surface area contributed by atoms with Gasteiger partial charge in [-0.15, -0.1) is 0 Å². The molecule has 10 aromatic carbocycles. The van der Waals surface area contributed by atoms with Gasteiger partial charge < -0.3 is 18.4 Å². The quantitative estimate of drug-likeness (QED) is 0.171. The summed E-state index contributed by atoms with van der Waals surface area (Å²) in [5.74, 6) is 1.50. The number of nitriles is 2. The van der Waals surface area contributed by atoms with Crippen LogP contribution in [0.2, 0.25) is 0 Å². The lowest BCUT2D eigenvalue weighted by Gasteiger charge is -2.39. The van der Waals surface area contributed by atoms with Crippen LogP contribution in [0.4, 0.5) is 0 Å². The highest BCUT2D eigenvalue weighted by Crippen LogP contribution is 2.62. The van der Waals surface area contributed by atoms with Crippen molar-refractivity contribution in [2.45, 2.75) is 5.41 Å². The minimum atomic E-state index is -0.818. The Labute approximate surface area is 464 Å². The van der Waals surface area contributed by atoms with Gasteiger partial charge in [-0.1, -0.05) is 97.1 Å². The molecule has 8 heteroatoms. The molecule has 81 heavy (non-hydrogen) atoms. The topological polar surface area (TPSA) is 97.4 Å². The van der Waals surface area contributed by atoms with E-state index in [1.807, 2.05) is 54.9 Å². The molecule has 6 heterocycles. The molecule has 1 spiro atoms. The van der Waals surface area contributed by atoms with Crippen LogP contribution in [0.3, 0.4) is 0 Å². The van der Waals surface area contributed by atoms with Crippen molar-refractivity contribution in [3.8, 4) is 74.3 Å². The van der Waals surface area contributed by atoms with E-state index in [0.717, 1.165) is 128 Å². The lowest BCUT2D eigenvalue weighted by Crippen LogP contribution is -2.32. The van der Waals surface area contributed by atoms with Crippen molar-refractivity contribution in [2.75, 3.05) is 0 Å². The third-order valence-electron chi connectivity index (χ3n) is 17.1. The van der Waals surface area contributed by atoms with Gasteiger partial charge in [0.05, 0.1) is 73.2 Å². The van der Waals surface area contributed by atoms with E-state index >= 15 is 0 Å². The fourth-order valence-electron chi connectivity index (χ4n) is 13.6. The summed E-state index contributed by atoms with van der Waals surface area (Å²) in [7, 11) is 0. The molecule has 0 amide bonds. The molecule has 0 saturated carbocycles. The summed E-state index contributed by atoms with van der Waals surface area (Å²) < 4.78 is 14.1. The van der Waals surface area contributed by atoms with Crippen LogP contribution in [0.25, 0.3) is 116 Å². The second kappa shape index (κ2) is 16.8. The molecule has 17 rings (SSSR count). The van der Waals surface area contributed by atoms with E-state index in [1.54, 1.807) is 0 Å². The van der Waals surface area contributed by atoms with Crippen LogP contribution in [-0.2, 0) is 5.41 Å². The predicted molar refractivity (Wildman–Crippen MR) is 323 cm³/mol. The lowest BCUT2D eigenvalue weighted by molar-refractivity contribution is 0.436. The zero-order chi connectivity index (χ0) is 53.5. The number of hydrogen-bond donors (Lipinski definition) is 0. The molecule has 0 unspecified atom stereocenters. The number of rotatable bonds is 5. The number of aromatic nitrogens is 5. The Balaban J connectivity index is 0.806. The average Bonchev–Trinajstić information content (AvgIpc) is 3.02. The normalized spacial score (nSPS) is 12.9. The minimum Gasteiger partial charge on any atom is -0.457 e. The maximum absolute atomic E-state index is 10.2. The highest BCUT2D eigenvalue weighted by Gasteiger charge is 2.52. The molecule has 0 atom stereocenters. The molecule has 15 aromatic rings. The summed E-state index contributed by atoms with van der Waals surface area (Å²) in [5, 5.41) is 26.8. The van der Waals surface area contributed by atoms with Crippen LogP contribution in [0.1, 0.15) is 33.4 Å². The Kier molecular flexibility index (Phi) is 9.31. The number of ether oxygens (including phenoxy) is 1. The lowest BCUT2D eigenvalue weighted by atomic mass is 9.66. The highest BCUT2D eigenvalue weighted by molar-refractivity contribution is 6.13. The Morgan fingerprint density at radius 3 is 1.30 bits per heavy atom. The van der Waals surface area contributed by atoms with E-state index in [9.17, 15) is 10.5 Å². The molecule has 5 aromatic heterocycles. The number of hydrogen-bond acceptors (Lipinski definition) is 5. The molecular weight excluding hydrogens is 991 g/mol. The van der Waals surface area contributed by atoms with Gasteiger partial charge >= 0.3 is 0 Å². The summed E-state index contributed by atoms with van der Waals surface area (Å²) in [6.45, 7) is 0. The average molecular weight is 1030 g/mol. The molecule has 0 bridgehead atoms. The molecule has 2 aliphatic rings. The molecule has 1 aliphatic carbocycles. The van der Waals surface area contributed by atoms with Crippen molar-refractivity contribution >= 4 is 65.4 Å². The number of nitrogens with zero attached hydrogens (tertiary/aromatic N) is 7. The van der Waals surface area contributed by atoms with Gasteiger partial charge in [0.15, 0.2) is 0 Å². The largest absolute Gasteiger partial charge is 0.457 e. The van der Waals surface area contributed by atoms with Crippen LogP contribution in [0.5, 0.6) is 11.5 Å². The first-order valence-corrected chi connectivity index (χ1v) is 27.1. The van der Waals surface area contributed by atoms with Crippen LogP contribution in [0, 0.1) is 22.7 Å². The molecule has 374 valence electrons. The SMILES string of the molecule is N#Cc1ccc2c(c1)c1cc(-c3ccc4c(c3)Oc3ccc(-c5ccc6c(c5)c5cc(C#N)ccc5n6-c5ccccc5)cc3C43c4cccnc4-c4ncccc43)ccc1n2-c1ccc(-n2c3ccccc3c3ccccc32)cc1. The minimum absolute atomic E-state index is 0.606. The van der Waals surface area contributed by atoms with E-state index < -0.39 is 5.41 Å². The maximum atomic E-state index is 10.2. The molecule has 8 nitrogen and oxygen atoms in total. The van der Waals surface area contributed by atoms with Crippen molar-refractivity contribution in [1.82, 2.24) is 23.7 Å². The monoisotopic (exact) mass is 1030 g/mol. The summed E-state index contributed by atoms with van der Waals surface area (Å²) >= 11 is 0. The van der Waals surface area contributed by atoms with Crippen LogP contribution >= 0.6 is 0 Å². The first-order chi connectivity index (χ1) is 40.0. The van der Waals surface area contributed by atoms with Gasteiger partial charge in [0.1, 0.15) is 11.5 Å². The number of benzene rings is 10. The van der Waals surface area contributed by atoms with Gasteiger partial charge in [-0.2, -0.15) is 10.5 Å². The van der Waals surface area contributed by atoms with E-state index in [-0.39, 0.29) is 0 Å². The van der Waals surface area contributed by atoms with Gasteiger partial charge in [-0.25, -0.2) is 0 Å². The molecular formula is C73H41N7O. The smallest absolute Gasteiger partial charge is 0.132 e. The van der Waals surface area contributed by atoms with Crippen molar-refractivity contribution in [3.05, 3.63) is 282 Å². The van der Waals surface area contributed by atoms with Crippen molar-refractivity contribution in [3.63, 3.8) is 0 Å². The van der Waals surface area contributed by atoms with E-state index in [4.69, 9.17) is 14.7 Å². The standard InChI is InChI=1S/C73H41N7O/c74-42-44-18-29-65-55(36-44)57-38-46(21-31-67(57)78(65)50-10-2-1-3-11-50)48-23-33-69-62(40-48)73(60-14-8-34-76-71(60)72-61(73)15-9-35-77-72)59-28-20-49(41-70(59)81-69)47-22-32-68-58(39-47)56-37-45(43-75)19-30-66(56)80(68)52-26-24-51(25-27-52)79-63-16-6-4-12-53(63)54-13-5-7-17-64(54)79/h1-41H.